The van der Waals surface area contributed by atoms with E-state index in [-0.39, 0.29) is 5.91 Å². The van der Waals surface area contributed by atoms with E-state index >= 15 is 0 Å². The number of thiophene rings is 1. The van der Waals surface area contributed by atoms with Crippen LogP contribution in [0.2, 0.25) is 0 Å². The molecule has 0 spiro atoms. The highest BCUT2D eigenvalue weighted by Crippen LogP contribution is 2.28. The van der Waals surface area contributed by atoms with E-state index in [0.717, 1.165) is 17.9 Å². The highest BCUT2D eigenvalue weighted by atomic mass is 32.1. The predicted molar refractivity (Wildman–Crippen MR) is 92.6 cm³/mol. The highest BCUT2D eigenvalue weighted by Gasteiger charge is 2.30. The van der Waals surface area contributed by atoms with E-state index in [4.69, 9.17) is 4.74 Å². The molecule has 0 bridgehead atoms. The first-order valence-corrected chi connectivity index (χ1v) is 8.79. The molecule has 0 saturated heterocycles. The zero-order chi connectivity index (χ0) is 16.1. The van der Waals surface area contributed by atoms with Gasteiger partial charge in [0.1, 0.15) is 5.75 Å². The molecule has 23 heavy (non-hydrogen) atoms. The third kappa shape index (κ3) is 4.56. The van der Waals surface area contributed by atoms with Crippen LogP contribution >= 0.6 is 11.3 Å². The second kappa shape index (κ2) is 7.62. The maximum atomic E-state index is 12.3. The van der Waals surface area contributed by atoms with Gasteiger partial charge in [0.15, 0.2) is 0 Å². The molecule has 122 valence electrons. The van der Waals surface area contributed by atoms with Crippen LogP contribution in [-0.2, 0) is 17.9 Å². The summed E-state index contributed by atoms with van der Waals surface area (Å²) in [4.78, 5) is 15.9. The molecule has 1 aromatic heterocycles. The van der Waals surface area contributed by atoms with Crippen LogP contribution in [0.3, 0.4) is 0 Å². The number of nitrogens with one attached hydrogen (secondary N) is 1. The fourth-order valence-corrected chi connectivity index (χ4v) is 3.37. The number of benzene rings is 1. The number of carbonyl (C=O) groups is 1. The van der Waals surface area contributed by atoms with Gasteiger partial charge >= 0.3 is 0 Å². The van der Waals surface area contributed by atoms with Gasteiger partial charge < -0.3 is 10.1 Å². The van der Waals surface area contributed by atoms with Gasteiger partial charge in [0.05, 0.1) is 13.7 Å². The average molecular weight is 330 g/mol. The second-order valence-electron chi connectivity index (χ2n) is 5.80. The van der Waals surface area contributed by atoms with E-state index in [1.807, 2.05) is 24.3 Å². The van der Waals surface area contributed by atoms with Gasteiger partial charge in [-0.05, 0) is 30.4 Å². The zero-order valence-corrected chi connectivity index (χ0v) is 14.1. The quantitative estimate of drug-likeness (QED) is 0.809. The molecule has 0 aliphatic heterocycles. The Morgan fingerprint density at radius 1 is 1.30 bits per heavy atom. The van der Waals surface area contributed by atoms with Crippen molar-refractivity contribution in [1.29, 1.82) is 0 Å². The Labute approximate surface area is 141 Å². The van der Waals surface area contributed by atoms with Crippen molar-refractivity contribution in [3.63, 3.8) is 0 Å². The number of hydrogen-bond donors (Lipinski definition) is 1. The summed E-state index contributed by atoms with van der Waals surface area (Å²) in [5, 5.41) is 5.09. The minimum absolute atomic E-state index is 0.0689. The zero-order valence-electron chi connectivity index (χ0n) is 13.3. The molecule has 0 radical (unpaired) electrons. The lowest BCUT2D eigenvalue weighted by Crippen LogP contribution is -2.37. The number of hydrogen-bond acceptors (Lipinski definition) is 4. The summed E-state index contributed by atoms with van der Waals surface area (Å²) in [6.45, 7) is 1.82. The topological polar surface area (TPSA) is 41.6 Å². The Morgan fingerprint density at radius 3 is 2.83 bits per heavy atom. The van der Waals surface area contributed by atoms with Crippen molar-refractivity contribution in [2.24, 2.45) is 0 Å². The molecular formula is C18H22N2O2S. The number of ether oxygens (including phenoxy) is 1. The van der Waals surface area contributed by atoms with Gasteiger partial charge in [0, 0.05) is 29.6 Å². The maximum Gasteiger partial charge on any atom is 0.234 e. The number of methoxy groups -OCH3 is 1. The van der Waals surface area contributed by atoms with Crippen LogP contribution in [-0.4, -0.2) is 30.5 Å². The largest absolute Gasteiger partial charge is 0.496 e. The Hall–Kier alpha value is -1.85. The van der Waals surface area contributed by atoms with Crippen LogP contribution < -0.4 is 10.1 Å². The van der Waals surface area contributed by atoms with Crippen molar-refractivity contribution in [3.8, 4) is 5.75 Å². The van der Waals surface area contributed by atoms with E-state index < -0.39 is 0 Å². The van der Waals surface area contributed by atoms with E-state index in [0.29, 0.717) is 19.1 Å². The summed E-state index contributed by atoms with van der Waals surface area (Å²) in [7, 11) is 1.65. The summed E-state index contributed by atoms with van der Waals surface area (Å²) >= 11 is 1.75. The summed E-state index contributed by atoms with van der Waals surface area (Å²) < 4.78 is 5.32. The van der Waals surface area contributed by atoms with Crippen LogP contribution in [0, 0.1) is 0 Å². The number of carbonyl (C=O) groups excluding carboxylic acids is 1. The van der Waals surface area contributed by atoms with Gasteiger partial charge in [0.25, 0.3) is 0 Å². The first kappa shape index (κ1) is 16.0. The Balaban J connectivity index is 1.53. The molecule has 1 aliphatic rings. The molecule has 2 aromatic rings. The fourth-order valence-electron chi connectivity index (χ4n) is 2.64. The smallest absolute Gasteiger partial charge is 0.234 e. The number of rotatable bonds is 8. The molecule has 1 heterocycles. The number of amides is 1. The van der Waals surface area contributed by atoms with Crippen molar-refractivity contribution in [1.82, 2.24) is 10.2 Å². The molecule has 1 aromatic carbocycles. The van der Waals surface area contributed by atoms with Crippen molar-refractivity contribution >= 4 is 17.2 Å². The molecule has 1 amide bonds. The van der Waals surface area contributed by atoms with Crippen molar-refractivity contribution < 1.29 is 9.53 Å². The Kier molecular flexibility index (Phi) is 5.31. The molecule has 1 N–H and O–H groups in total. The van der Waals surface area contributed by atoms with Crippen LogP contribution in [0.5, 0.6) is 5.75 Å². The Morgan fingerprint density at radius 2 is 2.13 bits per heavy atom. The minimum Gasteiger partial charge on any atom is -0.496 e. The molecule has 3 rings (SSSR count). The van der Waals surface area contributed by atoms with Crippen LogP contribution in [0.4, 0.5) is 0 Å². The average Bonchev–Trinajstić information content (AvgIpc) is 3.30. The first-order valence-electron chi connectivity index (χ1n) is 7.91. The number of nitrogens with zero attached hydrogens (tertiary/aromatic N) is 1. The van der Waals surface area contributed by atoms with Gasteiger partial charge in [0.2, 0.25) is 5.91 Å². The van der Waals surface area contributed by atoms with Crippen LogP contribution in [0.25, 0.3) is 0 Å². The summed E-state index contributed by atoms with van der Waals surface area (Å²) in [5.41, 5.74) is 1.000. The van der Waals surface area contributed by atoms with Crippen molar-refractivity contribution in [2.75, 3.05) is 13.7 Å². The van der Waals surface area contributed by atoms with E-state index in [1.165, 1.54) is 17.7 Å². The lowest BCUT2D eigenvalue weighted by atomic mass is 10.2. The van der Waals surface area contributed by atoms with Crippen LogP contribution in [0.1, 0.15) is 23.3 Å². The maximum absolute atomic E-state index is 12.3. The third-order valence-electron chi connectivity index (χ3n) is 4.02. The van der Waals surface area contributed by atoms with Crippen LogP contribution in [0.15, 0.2) is 41.8 Å². The van der Waals surface area contributed by atoms with E-state index in [2.05, 4.69) is 27.7 Å². The molecule has 0 atom stereocenters. The third-order valence-corrected chi connectivity index (χ3v) is 4.88. The second-order valence-corrected chi connectivity index (χ2v) is 6.84. The molecular weight excluding hydrogens is 308 g/mol. The summed E-state index contributed by atoms with van der Waals surface area (Å²) in [6.07, 6.45) is 2.40. The molecule has 5 heteroatoms. The molecule has 4 nitrogen and oxygen atoms in total. The lowest BCUT2D eigenvalue weighted by Gasteiger charge is -2.20. The first-order chi connectivity index (χ1) is 11.3. The molecule has 1 fully saturated rings. The molecule has 0 unspecified atom stereocenters. The summed E-state index contributed by atoms with van der Waals surface area (Å²) in [5.74, 6) is 0.879. The van der Waals surface area contributed by atoms with E-state index in [9.17, 15) is 4.79 Å². The van der Waals surface area contributed by atoms with Gasteiger partial charge in [-0.1, -0.05) is 24.3 Å². The predicted octanol–water partition coefficient (Wildman–Crippen LogP) is 3.04. The van der Waals surface area contributed by atoms with Crippen molar-refractivity contribution in [2.45, 2.75) is 32.0 Å². The minimum atomic E-state index is 0.0689. The standard InChI is InChI=1S/C18H22N2O2S/c1-22-17-7-3-2-5-14(17)11-19-18(21)13-20(15-8-9-15)12-16-6-4-10-23-16/h2-7,10,15H,8-9,11-13H2,1H3,(H,19,21). The summed E-state index contributed by atoms with van der Waals surface area (Å²) in [6, 6.07) is 12.5. The monoisotopic (exact) mass is 330 g/mol. The van der Waals surface area contributed by atoms with Gasteiger partial charge in [-0.2, -0.15) is 0 Å². The lowest BCUT2D eigenvalue weighted by molar-refractivity contribution is -0.122. The molecule has 1 saturated carbocycles. The SMILES string of the molecule is COc1ccccc1CNC(=O)CN(Cc1cccs1)C1CC1. The Bertz CT molecular complexity index is 638. The van der Waals surface area contributed by atoms with Gasteiger partial charge in [-0.15, -0.1) is 11.3 Å². The number of para-hydroxylation sites is 1. The normalized spacial score (nSPS) is 14.0. The van der Waals surface area contributed by atoms with Gasteiger partial charge in [-0.3, -0.25) is 9.69 Å². The molecule has 1 aliphatic carbocycles. The van der Waals surface area contributed by atoms with Gasteiger partial charge in [-0.25, -0.2) is 0 Å². The fraction of sp³-hybridized carbons (Fsp3) is 0.389. The highest BCUT2D eigenvalue weighted by molar-refractivity contribution is 7.09. The van der Waals surface area contributed by atoms with E-state index in [1.54, 1.807) is 18.4 Å². The van der Waals surface area contributed by atoms with Crippen molar-refractivity contribution in [3.05, 3.63) is 52.2 Å².